The molecule has 1 saturated heterocycles. The second kappa shape index (κ2) is 4.14. The first-order valence-electron chi connectivity index (χ1n) is 7.50. The number of fused-ring (bicyclic) bond motifs is 5. The predicted molar refractivity (Wildman–Crippen MR) is 75.2 cm³/mol. The van der Waals surface area contributed by atoms with Gasteiger partial charge >= 0.3 is 0 Å². The number of hydrogen-bond donors (Lipinski definition) is 0. The fourth-order valence-electron chi connectivity index (χ4n) is 4.63. The molecule has 4 heteroatoms. The summed E-state index contributed by atoms with van der Waals surface area (Å²) in [6, 6.07) is 6.32. The number of hydrogen-bond acceptors (Lipinski definition) is 2. The Balaban J connectivity index is 1.83. The molecule has 0 N–H and O–H groups in total. The Hall–Kier alpha value is -1.71. The van der Waals surface area contributed by atoms with Crippen molar-refractivity contribution < 1.29 is 9.48 Å². The third-order valence-corrected chi connectivity index (χ3v) is 5.46. The van der Waals surface area contributed by atoms with E-state index in [1.165, 1.54) is 19.3 Å². The molecule has 1 unspecified atom stereocenters. The smallest absolute Gasteiger partial charge is 0.268 e. The van der Waals surface area contributed by atoms with Crippen LogP contribution in [0, 0.1) is 17.8 Å². The van der Waals surface area contributed by atoms with Crippen molar-refractivity contribution in [3.8, 4) is 0 Å². The highest BCUT2D eigenvalue weighted by Gasteiger charge is 2.64. The summed E-state index contributed by atoms with van der Waals surface area (Å²) in [4.78, 5) is 17.0. The van der Waals surface area contributed by atoms with Crippen LogP contribution in [0.2, 0.25) is 0 Å². The Morgan fingerprint density at radius 1 is 1.35 bits per heavy atom. The molecule has 1 amide bonds. The summed E-state index contributed by atoms with van der Waals surface area (Å²) in [6.45, 7) is 2.08. The van der Waals surface area contributed by atoms with E-state index < -0.39 is 0 Å². The number of carbonyl (C=O) groups is 1. The zero-order chi connectivity index (χ0) is 13.9. The SMILES string of the molecule is C/C(c1ccccn1)=[N+]1\[C@H]2C(C(=O)N1C)[C@@H]1CC[C@H]2C1. The minimum absolute atomic E-state index is 0.220. The molecule has 2 bridgehead atoms. The van der Waals surface area contributed by atoms with Crippen molar-refractivity contribution in [2.24, 2.45) is 17.8 Å². The summed E-state index contributed by atoms with van der Waals surface area (Å²) in [7, 11) is 1.91. The van der Waals surface area contributed by atoms with Crippen LogP contribution in [-0.2, 0) is 4.79 Å². The molecule has 2 heterocycles. The molecular formula is C16H20N3O+. The molecule has 4 nitrogen and oxygen atoms in total. The first-order chi connectivity index (χ1) is 9.68. The highest BCUT2D eigenvalue weighted by atomic mass is 16.2. The molecule has 4 atom stereocenters. The van der Waals surface area contributed by atoms with Gasteiger partial charge < -0.3 is 0 Å². The van der Waals surface area contributed by atoms with Crippen LogP contribution in [0.15, 0.2) is 24.4 Å². The number of hydrazine groups is 1. The molecular weight excluding hydrogens is 250 g/mol. The Bertz CT molecular complexity index is 595. The Morgan fingerprint density at radius 2 is 2.15 bits per heavy atom. The van der Waals surface area contributed by atoms with Gasteiger partial charge in [-0.05, 0) is 37.3 Å². The number of amides is 1. The predicted octanol–water partition coefficient (Wildman–Crippen LogP) is 1.70. The van der Waals surface area contributed by atoms with Gasteiger partial charge in [-0.1, -0.05) is 6.07 Å². The Morgan fingerprint density at radius 3 is 2.90 bits per heavy atom. The van der Waals surface area contributed by atoms with E-state index in [1.807, 2.05) is 36.5 Å². The van der Waals surface area contributed by atoms with Crippen LogP contribution in [-0.4, -0.2) is 39.4 Å². The van der Waals surface area contributed by atoms with E-state index in [0.29, 0.717) is 23.8 Å². The summed E-state index contributed by atoms with van der Waals surface area (Å²) in [5, 5.41) is 1.84. The minimum atomic E-state index is 0.220. The van der Waals surface area contributed by atoms with E-state index in [4.69, 9.17) is 0 Å². The molecule has 3 aliphatic rings. The molecule has 3 fully saturated rings. The highest BCUT2D eigenvalue weighted by molar-refractivity contribution is 5.94. The van der Waals surface area contributed by atoms with Crippen molar-refractivity contribution in [3.63, 3.8) is 0 Å². The summed E-state index contributed by atoms with van der Waals surface area (Å²) in [6.07, 6.45) is 5.57. The van der Waals surface area contributed by atoms with Crippen molar-refractivity contribution in [2.75, 3.05) is 7.05 Å². The first kappa shape index (κ1) is 12.1. The summed E-state index contributed by atoms with van der Waals surface area (Å²) in [5.74, 6) is 1.81. The standard InChI is InChI=1S/C16H20N3O/c1-10(13-5-3-4-8-17-13)19-15-12-7-6-11(9-12)14(15)16(20)18(19)2/h3-5,8,11-12,14-15H,6-7,9H2,1-2H3/q+1/b19-10-/t11-,12+,14?,15-/m1/s1. The van der Waals surface area contributed by atoms with Crippen LogP contribution in [0.1, 0.15) is 31.9 Å². The summed E-state index contributed by atoms with van der Waals surface area (Å²) in [5.41, 5.74) is 2.07. The van der Waals surface area contributed by atoms with Gasteiger partial charge in [0.25, 0.3) is 5.91 Å². The van der Waals surface area contributed by atoms with E-state index in [-0.39, 0.29) is 5.92 Å². The quantitative estimate of drug-likeness (QED) is 0.728. The van der Waals surface area contributed by atoms with Crippen molar-refractivity contribution >= 4 is 11.6 Å². The maximum atomic E-state index is 12.6. The van der Waals surface area contributed by atoms with Gasteiger partial charge in [-0.2, -0.15) is 0 Å². The largest absolute Gasteiger partial charge is 0.287 e. The van der Waals surface area contributed by atoms with Crippen LogP contribution >= 0.6 is 0 Å². The highest BCUT2D eigenvalue weighted by Crippen LogP contribution is 2.53. The van der Waals surface area contributed by atoms with Crippen LogP contribution < -0.4 is 0 Å². The third kappa shape index (κ3) is 1.45. The summed E-state index contributed by atoms with van der Waals surface area (Å²) < 4.78 is 2.22. The second-order valence-corrected chi connectivity index (χ2v) is 6.36. The van der Waals surface area contributed by atoms with Gasteiger partial charge in [-0.25, -0.2) is 0 Å². The molecule has 1 aromatic heterocycles. The maximum absolute atomic E-state index is 12.6. The number of pyridine rings is 1. The molecule has 20 heavy (non-hydrogen) atoms. The topological polar surface area (TPSA) is 36.2 Å². The average molecular weight is 270 g/mol. The molecule has 1 aliphatic heterocycles. The molecule has 104 valence electrons. The lowest BCUT2D eigenvalue weighted by molar-refractivity contribution is -0.684. The van der Waals surface area contributed by atoms with E-state index in [2.05, 4.69) is 16.6 Å². The first-order valence-corrected chi connectivity index (χ1v) is 7.50. The van der Waals surface area contributed by atoms with Crippen LogP contribution in [0.5, 0.6) is 0 Å². The van der Waals surface area contributed by atoms with Gasteiger partial charge in [0.1, 0.15) is 11.6 Å². The molecule has 0 aromatic carbocycles. The van der Waals surface area contributed by atoms with Gasteiger partial charge in [0.2, 0.25) is 5.71 Å². The van der Waals surface area contributed by atoms with Crippen molar-refractivity contribution in [3.05, 3.63) is 30.1 Å². The van der Waals surface area contributed by atoms with Crippen molar-refractivity contribution in [2.45, 2.75) is 32.2 Å². The van der Waals surface area contributed by atoms with E-state index in [9.17, 15) is 4.79 Å². The Kier molecular flexibility index (Phi) is 2.50. The minimum Gasteiger partial charge on any atom is -0.268 e. The molecule has 1 aromatic rings. The van der Waals surface area contributed by atoms with Crippen LogP contribution in [0.25, 0.3) is 0 Å². The molecule has 2 aliphatic carbocycles. The third-order valence-electron chi connectivity index (χ3n) is 5.46. The van der Waals surface area contributed by atoms with Crippen molar-refractivity contribution in [1.82, 2.24) is 9.99 Å². The fraction of sp³-hybridized carbons (Fsp3) is 0.562. The zero-order valence-corrected chi connectivity index (χ0v) is 12.0. The molecule has 0 spiro atoms. The number of nitrogens with zero attached hydrogens (tertiary/aromatic N) is 3. The lowest BCUT2D eigenvalue weighted by Crippen LogP contribution is -2.39. The van der Waals surface area contributed by atoms with Crippen LogP contribution in [0.3, 0.4) is 0 Å². The summed E-state index contributed by atoms with van der Waals surface area (Å²) >= 11 is 0. The number of carbonyl (C=O) groups excluding carboxylic acids is 1. The van der Waals surface area contributed by atoms with E-state index in [0.717, 1.165) is 11.4 Å². The average Bonchev–Trinajstić information content (AvgIpc) is 3.14. The number of aromatic nitrogens is 1. The molecule has 4 rings (SSSR count). The molecule has 0 radical (unpaired) electrons. The Labute approximate surface area is 119 Å². The normalized spacial score (nSPS) is 37.5. The van der Waals surface area contributed by atoms with Gasteiger partial charge in [-0.3, -0.25) is 9.78 Å². The van der Waals surface area contributed by atoms with Gasteiger partial charge in [0.15, 0.2) is 6.04 Å². The second-order valence-electron chi connectivity index (χ2n) is 6.36. The van der Waals surface area contributed by atoms with Gasteiger partial charge in [0.05, 0.1) is 7.05 Å². The molecule has 2 saturated carbocycles. The monoisotopic (exact) mass is 270 g/mol. The lowest BCUT2D eigenvalue weighted by Gasteiger charge is -2.18. The van der Waals surface area contributed by atoms with E-state index >= 15 is 0 Å². The fourth-order valence-corrected chi connectivity index (χ4v) is 4.63. The van der Waals surface area contributed by atoms with Crippen molar-refractivity contribution in [1.29, 1.82) is 0 Å². The maximum Gasteiger partial charge on any atom is 0.287 e. The van der Waals surface area contributed by atoms with E-state index in [1.54, 1.807) is 0 Å². The lowest BCUT2D eigenvalue weighted by atomic mass is 9.85. The van der Waals surface area contributed by atoms with Crippen LogP contribution in [0.4, 0.5) is 0 Å². The van der Waals surface area contributed by atoms with Gasteiger partial charge in [0, 0.05) is 19.0 Å². The zero-order valence-electron chi connectivity index (χ0n) is 12.0. The van der Waals surface area contributed by atoms with Gasteiger partial charge in [-0.15, -0.1) is 9.69 Å². The number of hydrazone groups is 1. The number of rotatable bonds is 1.